The van der Waals surface area contributed by atoms with Crippen molar-refractivity contribution < 1.29 is 4.79 Å². The SMILES string of the molecule is CC(=O)NC1CCN(Cc2ccc(N)cc2Br)C1. The summed E-state index contributed by atoms with van der Waals surface area (Å²) in [6.45, 7) is 4.38. The van der Waals surface area contributed by atoms with Gasteiger partial charge in [0.2, 0.25) is 5.91 Å². The van der Waals surface area contributed by atoms with Crippen LogP contribution in [-0.4, -0.2) is 29.9 Å². The van der Waals surface area contributed by atoms with Crippen molar-refractivity contribution in [2.75, 3.05) is 18.8 Å². The van der Waals surface area contributed by atoms with E-state index in [1.165, 1.54) is 5.56 Å². The lowest BCUT2D eigenvalue weighted by Crippen LogP contribution is -2.35. The molecule has 1 fully saturated rings. The summed E-state index contributed by atoms with van der Waals surface area (Å²) in [4.78, 5) is 13.3. The molecule has 98 valence electrons. The van der Waals surface area contributed by atoms with E-state index in [0.29, 0.717) is 0 Å². The molecule has 0 aliphatic carbocycles. The van der Waals surface area contributed by atoms with Gasteiger partial charge in [-0.3, -0.25) is 9.69 Å². The molecule has 1 heterocycles. The van der Waals surface area contributed by atoms with Crippen LogP contribution in [0.5, 0.6) is 0 Å². The lowest BCUT2D eigenvalue weighted by molar-refractivity contribution is -0.119. The fourth-order valence-electron chi connectivity index (χ4n) is 2.31. The van der Waals surface area contributed by atoms with E-state index in [9.17, 15) is 4.79 Å². The number of anilines is 1. The highest BCUT2D eigenvalue weighted by Crippen LogP contribution is 2.23. The lowest BCUT2D eigenvalue weighted by atomic mass is 10.2. The molecular weight excluding hydrogens is 294 g/mol. The number of nitrogens with one attached hydrogen (secondary N) is 1. The Kier molecular flexibility index (Phi) is 4.24. The Hall–Kier alpha value is -1.07. The molecule has 0 bridgehead atoms. The van der Waals surface area contributed by atoms with Crippen LogP contribution in [0.4, 0.5) is 5.69 Å². The standard InChI is InChI=1S/C13H18BrN3O/c1-9(18)16-12-4-5-17(8-12)7-10-2-3-11(15)6-13(10)14/h2-3,6,12H,4-5,7-8,15H2,1H3,(H,16,18). The number of carbonyl (C=O) groups is 1. The molecule has 1 aliphatic heterocycles. The van der Waals surface area contributed by atoms with Crippen molar-refractivity contribution in [2.45, 2.75) is 25.9 Å². The molecule has 0 radical (unpaired) electrons. The number of likely N-dealkylation sites (tertiary alicyclic amines) is 1. The highest BCUT2D eigenvalue weighted by atomic mass is 79.9. The quantitative estimate of drug-likeness (QED) is 0.836. The third-order valence-electron chi connectivity index (χ3n) is 3.15. The minimum absolute atomic E-state index is 0.0514. The zero-order valence-electron chi connectivity index (χ0n) is 10.4. The number of hydrogen-bond donors (Lipinski definition) is 2. The summed E-state index contributed by atoms with van der Waals surface area (Å²) in [5.74, 6) is 0.0514. The van der Waals surface area contributed by atoms with Gasteiger partial charge in [-0.1, -0.05) is 22.0 Å². The fourth-order valence-corrected chi connectivity index (χ4v) is 2.84. The van der Waals surface area contributed by atoms with Gasteiger partial charge < -0.3 is 11.1 Å². The van der Waals surface area contributed by atoms with Crippen LogP contribution in [0.1, 0.15) is 18.9 Å². The Morgan fingerprint density at radius 2 is 2.39 bits per heavy atom. The summed E-state index contributed by atoms with van der Waals surface area (Å²) >= 11 is 3.53. The highest BCUT2D eigenvalue weighted by molar-refractivity contribution is 9.10. The Bertz CT molecular complexity index is 450. The fraction of sp³-hybridized carbons (Fsp3) is 0.462. The van der Waals surface area contributed by atoms with Crippen LogP contribution in [0.2, 0.25) is 0 Å². The van der Waals surface area contributed by atoms with E-state index in [0.717, 1.165) is 36.2 Å². The number of hydrogen-bond acceptors (Lipinski definition) is 3. The van der Waals surface area contributed by atoms with Gasteiger partial charge >= 0.3 is 0 Å². The van der Waals surface area contributed by atoms with Gasteiger partial charge in [0.15, 0.2) is 0 Å². The summed E-state index contributed by atoms with van der Waals surface area (Å²) in [5.41, 5.74) is 7.72. The van der Waals surface area contributed by atoms with Crippen molar-refractivity contribution >= 4 is 27.5 Å². The summed E-state index contributed by atoms with van der Waals surface area (Å²) in [6, 6.07) is 6.18. The van der Waals surface area contributed by atoms with E-state index in [-0.39, 0.29) is 11.9 Å². The van der Waals surface area contributed by atoms with Crippen LogP contribution in [0.3, 0.4) is 0 Å². The predicted molar refractivity (Wildman–Crippen MR) is 76.1 cm³/mol. The summed E-state index contributed by atoms with van der Waals surface area (Å²) < 4.78 is 1.05. The van der Waals surface area contributed by atoms with Crippen molar-refractivity contribution in [1.82, 2.24) is 10.2 Å². The smallest absolute Gasteiger partial charge is 0.217 e. The number of nitrogens with zero attached hydrogens (tertiary/aromatic N) is 1. The van der Waals surface area contributed by atoms with Crippen LogP contribution < -0.4 is 11.1 Å². The number of nitrogen functional groups attached to an aromatic ring is 1. The molecule has 2 rings (SSSR count). The van der Waals surface area contributed by atoms with Crippen molar-refractivity contribution in [1.29, 1.82) is 0 Å². The highest BCUT2D eigenvalue weighted by Gasteiger charge is 2.23. The third-order valence-corrected chi connectivity index (χ3v) is 3.89. The molecule has 3 N–H and O–H groups in total. The van der Waals surface area contributed by atoms with Crippen molar-refractivity contribution in [3.63, 3.8) is 0 Å². The van der Waals surface area contributed by atoms with Gasteiger partial charge in [-0.15, -0.1) is 0 Å². The number of rotatable bonds is 3. The van der Waals surface area contributed by atoms with Crippen molar-refractivity contribution in [3.05, 3.63) is 28.2 Å². The Labute approximate surface area is 116 Å². The Morgan fingerprint density at radius 1 is 1.61 bits per heavy atom. The molecule has 1 saturated heterocycles. The predicted octanol–water partition coefficient (Wildman–Crippen LogP) is 1.74. The first-order chi connectivity index (χ1) is 8.54. The zero-order chi connectivity index (χ0) is 13.1. The van der Waals surface area contributed by atoms with Crippen LogP contribution in [0.15, 0.2) is 22.7 Å². The Morgan fingerprint density at radius 3 is 3.06 bits per heavy atom. The number of amides is 1. The normalized spacial score (nSPS) is 20.0. The van der Waals surface area contributed by atoms with Crippen LogP contribution in [-0.2, 0) is 11.3 Å². The first-order valence-electron chi connectivity index (χ1n) is 6.08. The summed E-state index contributed by atoms with van der Waals surface area (Å²) in [7, 11) is 0. The van der Waals surface area contributed by atoms with E-state index in [4.69, 9.17) is 5.73 Å². The molecule has 18 heavy (non-hydrogen) atoms. The number of benzene rings is 1. The molecule has 0 aromatic heterocycles. The average Bonchev–Trinajstić information content (AvgIpc) is 2.69. The molecule has 5 heteroatoms. The van der Waals surface area contributed by atoms with Gasteiger partial charge in [-0.2, -0.15) is 0 Å². The van der Waals surface area contributed by atoms with Gasteiger partial charge in [0.1, 0.15) is 0 Å². The molecule has 1 amide bonds. The largest absolute Gasteiger partial charge is 0.399 e. The average molecular weight is 312 g/mol. The third kappa shape index (κ3) is 3.46. The summed E-state index contributed by atoms with van der Waals surface area (Å²) in [6.07, 6.45) is 1.02. The first kappa shape index (κ1) is 13.4. The van der Waals surface area contributed by atoms with Gasteiger partial charge in [-0.05, 0) is 24.1 Å². The molecule has 1 atom stereocenters. The molecule has 4 nitrogen and oxygen atoms in total. The van der Waals surface area contributed by atoms with Crippen LogP contribution in [0, 0.1) is 0 Å². The molecular formula is C13H18BrN3O. The van der Waals surface area contributed by atoms with E-state index >= 15 is 0 Å². The topological polar surface area (TPSA) is 58.4 Å². The summed E-state index contributed by atoms with van der Waals surface area (Å²) in [5, 5.41) is 2.97. The molecule has 0 saturated carbocycles. The molecule has 0 spiro atoms. The monoisotopic (exact) mass is 311 g/mol. The molecule has 1 aromatic carbocycles. The van der Waals surface area contributed by atoms with E-state index in [2.05, 4.69) is 26.1 Å². The van der Waals surface area contributed by atoms with Crippen LogP contribution in [0.25, 0.3) is 0 Å². The second-order valence-corrected chi connectivity index (χ2v) is 5.63. The van der Waals surface area contributed by atoms with Gasteiger partial charge in [-0.25, -0.2) is 0 Å². The second kappa shape index (κ2) is 5.71. The van der Waals surface area contributed by atoms with E-state index < -0.39 is 0 Å². The first-order valence-corrected chi connectivity index (χ1v) is 6.87. The van der Waals surface area contributed by atoms with Gasteiger partial charge in [0, 0.05) is 42.8 Å². The Balaban J connectivity index is 1.93. The zero-order valence-corrected chi connectivity index (χ0v) is 12.0. The second-order valence-electron chi connectivity index (χ2n) is 4.77. The van der Waals surface area contributed by atoms with Crippen molar-refractivity contribution in [2.24, 2.45) is 0 Å². The lowest BCUT2D eigenvalue weighted by Gasteiger charge is -2.17. The maximum absolute atomic E-state index is 11.0. The minimum atomic E-state index is 0.0514. The molecule has 1 aromatic rings. The van der Waals surface area contributed by atoms with Crippen molar-refractivity contribution in [3.8, 4) is 0 Å². The van der Waals surface area contributed by atoms with E-state index in [1.54, 1.807) is 6.92 Å². The minimum Gasteiger partial charge on any atom is -0.399 e. The van der Waals surface area contributed by atoms with Gasteiger partial charge in [0.25, 0.3) is 0 Å². The van der Waals surface area contributed by atoms with Crippen LogP contribution >= 0.6 is 15.9 Å². The van der Waals surface area contributed by atoms with E-state index in [1.807, 2.05) is 18.2 Å². The number of carbonyl (C=O) groups excluding carboxylic acids is 1. The van der Waals surface area contributed by atoms with Gasteiger partial charge in [0.05, 0.1) is 0 Å². The number of halogens is 1. The molecule has 1 unspecified atom stereocenters. The maximum atomic E-state index is 11.0. The maximum Gasteiger partial charge on any atom is 0.217 e. The number of nitrogens with two attached hydrogens (primary N) is 1. The molecule has 1 aliphatic rings.